The van der Waals surface area contributed by atoms with E-state index in [-0.39, 0.29) is 0 Å². The lowest BCUT2D eigenvalue weighted by Crippen LogP contribution is -2.63. The zero-order valence-electron chi connectivity index (χ0n) is 16.6. The molecule has 2 aromatic carbocycles. The lowest BCUT2D eigenvalue weighted by atomic mass is 10.1. The summed E-state index contributed by atoms with van der Waals surface area (Å²) in [5.41, 5.74) is 1.61. The van der Waals surface area contributed by atoms with Crippen LogP contribution in [0.25, 0.3) is 6.08 Å². The Balaban J connectivity index is 1.55. The molecule has 1 fully saturated rings. The van der Waals surface area contributed by atoms with Crippen LogP contribution in [0.3, 0.4) is 0 Å². The predicted octanol–water partition coefficient (Wildman–Crippen LogP) is 4.83. The summed E-state index contributed by atoms with van der Waals surface area (Å²) in [4.78, 5) is 0. The topological polar surface area (TPSA) is 0 Å². The number of quaternary nitrogens is 2. The smallest absolute Gasteiger partial charge is 0.313 e. The molecule has 28 heavy (non-hydrogen) atoms. The Labute approximate surface area is 165 Å². The first-order chi connectivity index (χ1) is 13.2. The summed E-state index contributed by atoms with van der Waals surface area (Å²) in [7, 11) is 4.50. The van der Waals surface area contributed by atoms with Crippen molar-refractivity contribution in [3.8, 4) is 0 Å². The van der Waals surface area contributed by atoms with Gasteiger partial charge in [0.25, 0.3) is 0 Å². The molecule has 0 aromatic heterocycles. The molecule has 150 valence electrons. The fourth-order valence-electron chi connectivity index (χ4n) is 3.78. The molecule has 0 spiro atoms. The average Bonchev–Trinajstić information content (AvgIpc) is 2.65. The zero-order chi connectivity index (χ0) is 20.3. The fraction of sp³-hybridized carbons (Fsp3) is 0.391. The van der Waals surface area contributed by atoms with Crippen molar-refractivity contribution >= 4 is 6.08 Å². The van der Waals surface area contributed by atoms with Crippen LogP contribution in [0.4, 0.5) is 13.2 Å². The number of rotatable bonds is 5. The highest BCUT2D eigenvalue weighted by atomic mass is 19.4. The minimum absolute atomic E-state index is 0.577. The molecule has 0 radical (unpaired) electrons. The van der Waals surface area contributed by atoms with E-state index in [1.807, 2.05) is 18.2 Å². The van der Waals surface area contributed by atoms with Crippen molar-refractivity contribution in [1.29, 1.82) is 0 Å². The van der Waals surface area contributed by atoms with E-state index in [2.05, 4.69) is 38.4 Å². The van der Waals surface area contributed by atoms with Gasteiger partial charge in [-0.2, -0.15) is 13.2 Å². The van der Waals surface area contributed by atoms with E-state index in [1.165, 1.54) is 17.7 Å². The van der Waals surface area contributed by atoms with Gasteiger partial charge in [0.15, 0.2) is 0 Å². The predicted molar refractivity (Wildman–Crippen MR) is 107 cm³/mol. The number of hydrogen-bond donors (Lipinski definition) is 0. The van der Waals surface area contributed by atoms with Crippen molar-refractivity contribution in [1.82, 2.24) is 0 Å². The van der Waals surface area contributed by atoms with Crippen LogP contribution in [0.5, 0.6) is 0 Å². The molecule has 0 amide bonds. The number of piperazine rings is 1. The van der Waals surface area contributed by atoms with Crippen LogP contribution >= 0.6 is 0 Å². The second-order valence-corrected chi connectivity index (χ2v) is 8.48. The number of halogens is 3. The van der Waals surface area contributed by atoms with Gasteiger partial charge < -0.3 is 8.97 Å². The Morgan fingerprint density at radius 1 is 0.821 bits per heavy atom. The van der Waals surface area contributed by atoms with E-state index in [4.69, 9.17) is 0 Å². The highest BCUT2D eigenvalue weighted by Crippen LogP contribution is 2.29. The minimum atomic E-state index is -4.27. The summed E-state index contributed by atoms with van der Waals surface area (Å²) in [6.45, 7) is 5.95. The highest BCUT2D eigenvalue weighted by Gasteiger charge is 2.36. The molecule has 1 aliphatic heterocycles. The standard InChI is InChI=1S/C23H29F3N2/c1-27(14-6-9-20-7-4-3-5-8-20)15-17-28(2,18-16-27)19-21-10-12-22(13-11-21)23(24,25)26/h3-13H,14-19H2,1-2H3/q+2/b9-6+. The third kappa shape index (κ3) is 5.46. The molecule has 0 bridgehead atoms. The van der Waals surface area contributed by atoms with E-state index in [0.29, 0.717) is 0 Å². The van der Waals surface area contributed by atoms with Crippen LogP contribution in [0.2, 0.25) is 0 Å². The number of benzene rings is 2. The van der Waals surface area contributed by atoms with Crippen LogP contribution in [0, 0.1) is 0 Å². The molecular formula is C23H29F3N2+2. The van der Waals surface area contributed by atoms with Crippen LogP contribution in [-0.4, -0.2) is 55.8 Å². The van der Waals surface area contributed by atoms with Gasteiger partial charge in [-0.25, -0.2) is 0 Å². The fourth-order valence-corrected chi connectivity index (χ4v) is 3.78. The van der Waals surface area contributed by atoms with Gasteiger partial charge in [-0.1, -0.05) is 48.5 Å². The van der Waals surface area contributed by atoms with E-state index in [0.717, 1.165) is 53.8 Å². The molecule has 0 atom stereocenters. The van der Waals surface area contributed by atoms with E-state index in [1.54, 1.807) is 12.1 Å². The first-order valence-corrected chi connectivity index (χ1v) is 9.72. The second kappa shape index (κ2) is 8.10. The Bertz CT molecular complexity index is 787. The van der Waals surface area contributed by atoms with Crippen molar-refractivity contribution in [2.24, 2.45) is 0 Å². The Hall–Kier alpha value is -2.11. The maximum absolute atomic E-state index is 12.7. The Morgan fingerprint density at radius 3 is 1.96 bits per heavy atom. The van der Waals surface area contributed by atoms with Gasteiger partial charge in [0.05, 0.1) is 26.2 Å². The molecule has 3 rings (SSSR count). The number of alkyl halides is 3. The molecule has 1 heterocycles. The minimum Gasteiger partial charge on any atom is -0.313 e. The third-order valence-electron chi connectivity index (χ3n) is 5.86. The maximum atomic E-state index is 12.7. The molecule has 0 aliphatic carbocycles. The lowest BCUT2D eigenvalue weighted by Gasteiger charge is -2.46. The van der Waals surface area contributed by atoms with Crippen molar-refractivity contribution in [2.45, 2.75) is 12.7 Å². The van der Waals surface area contributed by atoms with Crippen LogP contribution in [0.15, 0.2) is 60.7 Å². The molecule has 2 nitrogen and oxygen atoms in total. The Morgan fingerprint density at radius 2 is 1.39 bits per heavy atom. The molecular weight excluding hydrogens is 361 g/mol. The molecule has 5 heteroatoms. The molecule has 1 aliphatic rings. The van der Waals surface area contributed by atoms with Crippen molar-refractivity contribution in [2.75, 3.05) is 46.8 Å². The summed E-state index contributed by atoms with van der Waals surface area (Å²) in [5.74, 6) is 0. The first kappa shape index (κ1) is 20.6. The SMILES string of the molecule is C[N+]1(C/C=C/c2ccccc2)CC[N+](C)(Cc2ccc(C(F)(F)F)cc2)CC1. The first-order valence-electron chi connectivity index (χ1n) is 9.72. The molecule has 0 N–H and O–H groups in total. The summed E-state index contributed by atoms with van der Waals surface area (Å²) < 4.78 is 40.1. The van der Waals surface area contributed by atoms with E-state index < -0.39 is 11.7 Å². The quantitative estimate of drug-likeness (QED) is 0.642. The van der Waals surface area contributed by atoms with Gasteiger partial charge in [-0.15, -0.1) is 0 Å². The van der Waals surface area contributed by atoms with Crippen LogP contribution in [0.1, 0.15) is 16.7 Å². The normalized spacial score (nSPS) is 25.9. The van der Waals surface area contributed by atoms with Gasteiger partial charge >= 0.3 is 6.18 Å². The third-order valence-corrected chi connectivity index (χ3v) is 5.86. The molecule has 2 aromatic rings. The second-order valence-electron chi connectivity index (χ2n) is 8.48. The van der Waals surface area contributed by atoms with Gasteiger partial charge in [-0.3, -0.25) is 0 Å². The van der Waals surface area contributed by atoms with Crippen molar-refractivity contribution in [3.63, 3.8) is 0 Å². The Kier molecular flexibility index (Phi) is 5.96. The monoisotopic (exact) mass is 390 g/mol. The van der Waals surface area contributed by atoms with Gasteiger partial charge in [0, 0.05) is 5.56 Å². The molecule has 1 saturated heterocycles. The summed E-state index contributed by atoms with van der Waals surface area (Å²) in [6, 6.07) is 15.9. The van der Waals surface area contributed by atoms with Gasteiger partial charge in [-0.05, 0) is 23.8 Å². The van der Waals surface area contributed by atoms with E-state index in [9.17, 15) is 13.2 Å². The maximum Gasteiger partial charge on any atom is 0.416 e. The molecule has 0 unspecified atom stereocenters. The van der Waals surface area contributed by atoms with Crippen molar-refractivity contribution in [3.05, 3.63) is 77.4 Å². The average molecular weight is 390 g/mol. The highest BCUT2D eigenvalue weighted by molar-refractivity contribution is 5.48. The number of likely N-dealkylation sites (N-methyl/N-ethyl adjacent to an activating group) is 2. The van der Waals surface area contributed by atoms with Gasteiger partial charge in [0.2, 0.25) is 0 Å². The van der Waals surface area contributed by atoms with E-state index >= 15 is 0 Å². The van der Waals surface area contributed by atoms with Gasteiger partial charge in [0.1, 0.15) is 32.7 Å². The van der Waals surface area contributed by atoms with Crippen molar-refractivity contribution < 1.29 is 22.1 Å². The largest absolute Gasteiger partial charge is 0.416 e. The molecule has 0 saturated carbocycles. The van der Waals surface area contributed by atoms with Crippen LogP contribution in [-0.2, 0) is 12.7 Å². The summed E-state index contributed by atoms with van der Waals surface area (Å²) in [6.07, 6.45) is 0.157. The lowest BCUT2D eigenvalue weighted by molar-refractivity contribution is -1.02. The van der Waals surface area contributed by atoms with Crippen LogP contribution < -0.4 is 0 Å². The number of nitrogens with zero attached hydrogens (tertiary/aromatic N) is 2. The summed E-state index contributed by atoms with van der Waals surface area (Å²) in [5, 5.41) is 0. The number of hydrogen-bond acceptors (Lipinski definition) is 0. The summed E-state index contributed by atoms with van der Waals surface area (Å²) >= 11 is 0. The zero-order valence-corrected chi connectivity index (χ0v) is 16.6.